The molecule has 0 aliphatic heterocycles. The number of rotatable bonds is 6. The Labute approximate surface area is 165 Å². The SMILES string of the molecule is Cc1ccc(NC(=O)COC(=O)C(c2ccccc2)c2ccccc2)cc1C. The van der Waals surface area contributed by atoms with Crippen molar-refractivity contribution in [3.8, 4) is 0 Å². The van der Waals surface area contributed by atoms with Crippen LogP contribution < -0.4 is 5.32 Å². The van der Waals surface area contributed by atoms with E-state index in [4.69, 9.17) is 4.74 Å². The van der Waals surface area contributed by atoms with Crippen LogP contribution in [0.3, 0.4) is 0 Å². The first-order chi connectivity index (χ1) is 13.5. The van der Waals surface area contributed by atoms with Gasteiger partial charge in [-0.3, -0.25) is 9.59 Å². The molecule has 0 unspecified atom stereocenters. The lowest BCUT2D eigenvalue weighted by molar-refractivity contribution is -0.147. The summed E-state index contributed by atoms with van der Waals surface area (Å²) in [4.78, 5) is 25.0. The Balaban J connectivity index is 1.68. The van der Waals surface area contributed by atoms with E-state index < -0.39 is 11.9 Å². The van der Waals surface area contributed by atoms with Gasteiger partial charge in [0.2, 0.25) is 0 Å². The number of nitrogens with one attached hydrogen (secondary N) is 1. The zero-order chi connectivity index (χ0) is 19.9. The topological polar surface area (TPSA) is 55.4 Å². The third-order valence-electron chi connectivity index (χ3n) is 4.64. The summed E-state index contributed by atoms with van der Waals surface area (Å²) in [6, 6.07) is 24.5. The van der Waals surface area contributed by atoms with Crippen molar-refractivity contribution < 1.29 is 14.3 Å². The van der Waals surface area contributed by atoms with Gasteiger partial charge in [0, 0.05) is 5.69 Å². The Hall–Kier alpha value is -3.40. The van der Waals surface area contributed by atoms with Crippen molar-refractivity contribution in [3.63, 3.8) is 0 Å². The molecule has 0 heterocycles. The summed E-state index contributed by atoms with van der Waals surface area (Å²) >= 11 is 0. The largest absolute Gasteiger partial charge is 0.455 e. The minimum absolute atomic E-state index is 0.331. The smallest absolute Gasteiger partial charge is 0.318 e. The van der Waals surface area contributed by atoms with E-state index in [-0.39, 0.29) is 12.5 Å². The van der Waals surface area contributed by atoms with Gasteiger partial charge in [0.25, 0.3) is 5.91 Å². The highest BCUT2D eigenvalue weighted by Gasteiger charge is 2.24. The summed E-state index contributed by atoms with van der Waals surface area (Å²) in [6.07, 6.45) is 0. The number of anilines is 1. The van der Waals surface area contributed by atoms with E-state index in [1.165, 1.54) is 0 Å². The van der Waals surface area contributed by atoms with Crippen molar-refractivity contribution in [2.45, 2.75) is 19.8 Å². The van der Waals surface area contributed by atoms with Crippen LogP contribution in [0.2, 0.25) is 0 Å². The highest BCUT2D eigenvalue weighted by Crippen LogP contribution is 2.26. The summed E-state index contributed by atoms with van der Waals surface area (Å²) in [6.45, 7) is 3.66. The van der Waals surface area contributed by atoms with E-state index in [2.05, 4.69) is 5.32 Å². The van der Waals surface area contributed by atoms with Gasteiger partial charge in [-0.25, -0.2) is 0 Å². The van der Waals surface area contributed by atoms with Crippen molar-refractivity contribution in [1.29, 1.82) is 0 Å². The molecule has 0 fully saturated rings. The maximum Gasteiger partial charge on any atom is 0.318 e. The summed E-state index contributed by atoms with van der Waals surface area (Å²) in [5.41, 5.74) is 4.58. The van der Waals surface area contributed by atoms with Crippen molar-refractivity contribution in [2.24, 2.45) is 0 Å². The molecular formula is C24H23NO3. The van der Waals surface area contributed by atoms with Crippen molar-refractivity contribution in [2.75, 3.05) is 11.9 Å². The van der Waals surface area contributed by atoms with Crippen LogP contribution in [0, 0.1) is 13.8 Å². The zero-order valence-electron chi connectivity index (χ0n) is 16.0. The van der Waals surface area contributed by atoms with Crippen LogP contribution in [-0.4, -0.2) is 18.5 Å². The van der Waals surface area contributed by atoms with Gasteiger partial charge < -0.3 is 10.1 Å². The highest BCUT2D eigenvalue weighted by atomic mass is 16.5. The third-order valence-corrected chi connectivity index (χ3v) is 4.64. The molecule has 0 aliphatic carbocycles. The van der Waals surface area contributed by atoms with Gasteiger partial charge in [-0.2, -0.15) is 0 Å². The molecule has 4 nitrogen and oxygen atoms in total. The Morgan fingerprint density at radius 1 is 0.821 bits per heavy atom. The standard InChI is InChI=1S/C24H23NO3/c1-17-13-14-21(15-18(17)2)25-22(26)16-28-24(27)23(19-9-5-3-6-10-19)20-11-7-4-8-12-20/h3-15,23H,16H2,1-2H3,(H,25,26). The summed E-state index contributed by atoms with van der Waals surface area (Å²) in [7, 11) is 0. The number of hydrogen-bond acceptors (Lipinski definition) is 3. The molecule has 3 aromatic rings. The third kappa shape index (κ3) is 4.86. The minimum atomic E-state index is -0.572. The first-order valence-electron chi connectivity index (χ1n) is 9.18. The van der Waals surface area contributed by atoms with Crippen LogP contribution >= 0.6 is 0 Å². The number of carbonyl (C=O) groups excluding carboxylic acids is 2. The maximum absolute atomic E-state index is 12.8. The lowest BCUT2D eigenvalue weighted by Crippen LogP contribution is -2.24. The maximum atomic E-state index is 12.8. The van der Waals surface area contributed by atoms with Crippen molar-refractivity contribution in [1.82, 2.24) is 0 Å². The average Bonchev–Trinajstić information content (AvgIpc) is 2.71. The van der Waals surface area contributed by atoms with Crippen LogP contribution in [0.4, 0.5) is 5.69 Å². The Kier molecular flexibility index (Phi) is 6.22. The average molecular weight is 373 g/mol. The molecule has 28 heavy (non-hydrogen) atoms. The number of ether oxygens (including phenoxy) is 1. The Bertz CT molecular complexity index is 913. The molecule has 3 aromatic carbocycles. The second kappa shape index (κ2) is 9.00. The molecule has 0 aliphatic rings. The van der Waals surface area contributed by atoms with Crippen molar-refractivity contribution >= 4 is 17.6 Å². The number of carbonyl (C=O) groups is 2. The van der Waals surface area contributed by atoms with Crippen LogP contribution in [0.25, 0.3) is 0 Å². The summed E-state index contributed by atoms with van der Waals surface area (Å²) in [5, 5.41) is 2.77. The molecule has 4 heteroatoms. The van der Waals surface area contributed by atoms with Gasteiger partial charge in [0.15, 0.2) is 6.61 Å². The van der Waals surface area contributed by atoms with Gasteiger partial charge in [-0.15, -0.1) is 0 Å². The van der Waals surface area contributed by atoms with E-state index in [1.807, 2.05) is 92.7 Å². The lowest BCUT2D eigenvalue weighted by atomic mass is 9.91. The highest BCUT2D eigenvalue weighted by molar-refractivity contribution is 5.93. The minimum Gasteiger partial charge on any atom is -0.455 e. The molecule has 0 bridgehead atoms. The number of esters is 1. The molecule has 0 saturated carbocycles. The normalized spacial score (nSPS) is 10.5. The molecular weight excluding hydrogens is 350 g/mol. The molecule has 0 saturated heterocycles. The fourth-order valence-corrected chi connectivity index (χ4v) is 2.99. The van der Waals surface area contributed by atoms with E-state index in [9.17, 15) is 9.59 Å². The van der Waals surface area contributed by atoms with E-state index in [1.54, 1.807) is 0 Å². The van der Waals surface area contributed by atoms with E-state index in [0.29, 0.717) is 5.69 Å². The molecule has 0 radical (unpaired) electrons. The predicted molar refractivity (Wildman–Crippen MR) is 110 cm³/mol. The quantitative estimate of drug-likeness (QED) is 0.642. The number of benzene rings is 3. The molecule has 142 valence electrons. The van der Waals surface area contributed by atoms with Crippen LogP contribution in [0.5, 0.6) is 0 Å². The van der Waals surface area contributed by atoms with Gasteiger partial charge >= 0.3 is 5.97 Å². The molecule has 3 rings (SSSR count). The fourth-order valence-electron chi connectivity index (χ4n) is 2.99. The van der Waals surface area contributed by atoms with Gasteiger partial charge in [-0.05, 0) is 48.2 Å². The fraction of sp³-hybridized carbons (Fsp3) is 0.167. The van der Waals surface area contributed by atoms with E-state index >= 15 is 0 Å². The Morgan fingerprint density at radius 3 is 1.93 bits per heavy atom. The number of hydrogen-bond donors (Lipinski definition) is 1. The molecule has 1 amide bonds. The van der Waals surface area contributed by atoms with Crippen LogP contribution in [-0.2, 0) is 14.3 Å². The molecule has 0 spiro atoms. The molecule has 0 atom stereocenters. The van der Waals surface area contributed by atoms with Crippen LogP contribution in [0.15, 0.2) is 78.9 Å². The first-order valence-corrected chi connectivity index (χ1v) is 9.18. The first kappa shape index (κ1) is 19.4. The van der Waals surface area contributed by atoms with E-state index in [0.717, 1.165) is 22.3 Å². The predicted octanol–water partition coefficient (Wildman–Crippen LogP) is 4.62. The molecule has 0 aromatic heterocycles. The van der Waals surface area contributed by atoms with Gasteiger partial charge in [-0.1, -0.05) is 66.7 Å². The second-order valence-electron chi connectivity index (χ2n) is 6.71. The number of aryl methyl sites for hydroxylation is 2. The summed E-state index contributed by atoms with van der Waals surface area (Å²) in [5.74, 6) is -1.39. The van der Waals surface area contributed by atoms with Crippen LogP contribution in [0.1, 0.15) is 28.2 Å². The number of amides is 1. The zero-order valence-corrected chi connectivity index (χ0v) is 16.0. The Morgan fingerprint density at radius 2 is 1.39 bits per heavy atom. The monoisotopic (exact) mass is 373 g/mol. The van der Waals surface area contributed by atoms with Gasteiger partial charge in [0.05, 0.1) is 0 Å². The summed E-state index contributed by atoms with van der Waals surface area (Å²) < 4.78 is 5.35. The lowest BCUT2D eigenvalue weighted by Gasteiger charge is -2.17. The van der Waals surface area contributed by atoms with Gasteiger partial charge in [0.1, 0.15) is 5.92 Å². The van der Waals surface area contributed by atoms with Crippen molar-refractivity contribution in [3.05, 3.63) is 101 Å². The second-order valence-corrected chi connectivity index (χ2v) is 6.71. The molecule has 1 N–H and O–H groups in total.